The van der Waals surface area contributed by atoms with Crippen LogP contribution in [0.2, 0.25) is 5.02 Å². The van der Waals surface area contributed by atoms with E-state index in [2.05, 4.69) is 20.1 Å². The average molecular weight is 371 g/mol. The number of hydrogen-bond donors (Lipinski definition) is 1. The number of benzene rings is 1. The maximum atomic E-state index is 12.5. The van der Waals surface area contributed by atoms with Crippen LogP contribution in [0.4, 0.5) is 5.69 Å². The number of carbonyl (C=O) groups is 2. The number of esters is 1. The van der Waals surface area contributed by atoms with E-state index in [-0.39, 0.29) is 16.5 Å². The van der Waals surface area contributed by atoms with Gasteiger partial charge in [0.1, 0.15) is 0 Å². The predicted molar refractivity (Wildman–Crippen MR) is 96.8 cm³/mol. The van der Waals surface area contributed by atoms with E-state index in [4.69, 9.17) is 11.6 Å². The SMILES string of the molecule is COC(=O)c1ccc(NC(=O)c2cnn(-c3ccccn3)c2C)cc1Cl. The molecule has 3 rings (SSSR count). The quantitative estimate of drug-likeness (QED) is 0.712. The molecule has 1 amide bonds. The molecule has 3 aromatic rings. The number of pyridine rings is 1. The molecule has 132 valence electrons. The molecule has 0 unspecified atom stereocenters. The molecular weight excluding hydrogens is 356 g/mol. The molecule has 0 fully saturated rings. The van der Waals surface area contributed by atoms with Crippen molar-refractivity contribution in [1.29, 1.82) is 0 Å². The van der Waals surface area contributed by atoms with Crippen LogP contribution in [0.1, 0.15) is 26.4 Å². The average Bonchev–Trinajstić information content (AvgIpc) is 3.03. The molecule has 0 aliphatic heterocycles. The first-order valence-corrected chi connectivity index (χ1v) is 8.04. The van der Waals surface area contributed by atoms with Gasteiger partial charge in [0.2, 0.25) is 0 Å². The number of halogens is 1. The lowest BCUT2D eigenvalue weighted by Crippen LogP contribution is -2.13. The molecule has 0 spiro atoms. The maximum absolute atomic E-state index is 12.5. The van der Waals surface area contributed by atoms with Crippen LogP contribution >= 0.6 is 11.6 Å². The van der Waals surface area contributed by atoms with Gasteiger partial charge in [-0.05, 0) is 37.3 Å². The smallest absolute Gasteiger partial charge is 0.339 e. The van der Waals surface area contributed by atoms with Crippen molar-refractivity contribution >= 4 is 29.2 Å². The predicted octanol–water partition coefficient (Wildman–Crippen LogP) is 3.27. The summed E-state index contributed by atoms with van der Waals surface area (Å²) < 4.78 is 6.23. The third-order valence-electron chi connectivity index (χ3n) is 3.75. The molecule has 2 aromatic heterocycles. The number of aromatic nitrogens is 3. The van der Waals surface area contributed by atoms with Gasteiger partial charge in [-0.1, -0.05) is 17.7 Å². The summed E-state index contributed by atoms with van der Waals surface area (Å²) in [6, 6.07) is 10.0. The van der Waals surface area contributed by atoms with E-state index >= 15 is 0 Å². The van der Waals surface area contributed by atoms with Crippen LogP contribution < -0.4 is 5.32 Å². The van der Waals surface area contributed by atoms with Crippen molar-refractivity contribution in [3.05, 3.63) is 70.6 Å². The summed E-state index contributed by atoms with van der Waals surface area (Å²) in [5.74, 6) is -0.263. The van der Waals surface area contributed by atoms with E-state index in [0.717, 1.165) is 0 Å². The summed E-state index contributed by atoms with van der Waals surface area (Å²) in [6.45, 7) is 1.78. The number of carbonyl (C=O) groups excluding carboxylic acids is 2. The Labute approximate surface area is 154 Å². The van der Waals surface area contributed by atoms with Crippen LogP contribution in [0.25, 0.3) is 5.82 Å². The van der Waals surface area contributed by atoms with Crippen molar-refractivity contribution in [2.24, 2.45) is 0 Å². The highest BCUT2D eigenvalue weighted by molar-refractivity contribution is 6.34. The Kier molecular flexibility index (Phi) is 4.99. The molecule has 0 aliphatic carbocycles. The van der Waals surface area contributed by atoms with Gasteiger partial charge >= 0.3 is 5.97 Å². The van der Waals surface area contributed by atoms with Crippen molar-refractivity contribution in [2.75, 3.05) is 12.4 Å². The number of amides is 1. The third kappa shape index (κ3) is 3.43. The molecular formula is C18H15ClN4O3. The summed E-state index contributed by atoms with van der Waals surface area (Å²) in [4.78, 5) is 28.3. The first-order chi connectivity index (χ1) is 12.5. The normalized spacial score (nSPS) is 10.4. The molecule has 7 nitrogen and oxygen atoms in total. The lowest BCUT2D eigenvalue weighted by molar-refractivity contribution is 0.0601. The zero-order valence-electron chi connectivity index (χ0n) is 14.1. The van der Waals surface area contributed by atoms with Crippen LogP contribution in [0, 0.1) is 6.92 Å². The Balaban J connectivity index is 1.82. The fourth-order valence-corrected chi connectivity index (χ4v) is 2.67. The number of ether oxygens (including phenoxy) is 1. The Morgan fingerprint density at radius 1 is 1.19 bits per heavy atom. The van der Waals surface area contributed by atoms with Crippen LogP contribution in [0.5, 0.6) is 0 Å². The monoisotopic (exact) mass is 370 g/mol. The van der Waals surface area contributed by atoms with Crippen molar-refractivity contribution < 1.29 is 14.3 Å². The number of anilines is 1. The molecule has 1 aromatic carbocycles. The van der Waals surface area contributed by atoms with Gasteiger partial charge in [0.05, 0.1) is 35.2 Å². The molecule has 26 heavy (non-hydrogen) atoms. The molecule has 1 N–H and O–H groups in total. The highest BCUT2D eigenvalue weighted by atomic mass is 35.5. The van der Waals surface area contributed by atoms with Gasteiger partial charge in [0.25, 0.3) is 5.91 Å². The Bertz CT molecular complexity index is 970. The summed E-state index contributed by atoms with van der Waals surface area (Å²) >= 11 is 6.07. The van der Waals surface area contributed by atoms with Crippen molar-refractivity contribution in [3.8, 4) is 5.82 Å². The molecule has 0 saturated heterocycles. The maximum Gasteiger partial charge on any atom is 0.339 e. The van der Waals surface area contributed by atoms with Gasteiger partial charge in [-0.3, -0.25) is 4.79 Å². The fraction of sp³-hybridized carbons (Fsp3) is 0.111. The summed E-state index contributed by atoms with van der Waals surface area (Å²) in [5, 5.41) is 7.15. The molecule has 0 atom stereocenters. The highest BCUT2D eigenvalue weighted by Crippen LogP contribution is 2.22. The molecule has 2 heterocycles. The van der Waals surface area contributed by atoms with Crippen LogP contribution in [-0.2, 0) is 4.74 Å². The van der Waals surface area contributed by atoms with Gasteiger partial charge in [-0.25, -0.2) is 14.5 Å². The van der Waals surface area contributed by atoms with Gasteiger partial charge in [-0.15, -0.1) is 0 Å². The largest absolute Gasteiger partial charge is 0.465 e. The second kappa shape index (κ2) is 7.37. The summed E-state index contributed by atoms with van der Waals surface area (Å²) in [7, 11) is 1.27. The lowest BCUT2D eigenvalue weighted by atomic mass is 10.2. The van der Waals surface area contributed by atoms with E-state index < -0.39 is 5.97 Å². The summed E-state index contributed by atoms with van der Waals surface area (Å²) in [5.41, 5.74) is 1.74. The minimum absolute atomic E-state index is 0.190. The van der Waals surface area contributed by atoms with Crippen molar-refractivity contribution in [2.45, 2.75) is 6.92 Å². The van der Waals surface area contributed by atoms with Crippen LogP contribution in [-0.4, -0.2) is 33.8 Å². The van der Waals surface area contributed by atoms with Gasteiger partial charge in [0.15, 0.2) is 5.82 Å². The van der Waals surface area contributed by atoms with Gasteiger partial charge in [0, 0.05) is 11.9 Å². The van der Waals surface area contributed by atoms with Crippen LogP contribution in [0.15, 0.2) is 48.8 Å². The lowest BCUT2D eigenvalue weighted by Gasteiger charge is -2.08. The standard InChI is InChI=1S/C18H15ClN4O3/c1-11-14(10-21-23(11)16-5-3-4-8-20-16)17(24)22-12-6-7-13(15(19)9-12)18(25)26-2/h3-10H,1-2H3,(H,22,24). The molecule has 0 saturated carbocycles. The molecule has 0 radical (unpaired) electrons. The first kappa shape index (κ1) is 17.6. The second-order valence-corrected chi connectivity index (χ2v) is 5.79. The Morgan fingerprint density at radius 2 is 2.00 bits per heavy atom. The van der Waals surface area contributed by atoms with E-state index in [1.54, 1.807) is 36.0 Å². The zero-order valence-corrected chi connectivity index (χ0v) is 14.8. The first-order valence-electron chi connectivity index (χ1n) is 7.66. The Morgan fingerprint density at radius 3 is 2.65 bits per heavy atom. The third-order valence-corrected chi connectivity index (χ3v) is 4.07. The number of nitrogens with one attached hydrogen (secondary N) is 1. The molecule has 0 bridgehead atoms. The van der Waals surface area contributed by atoms with Crippen LogP contribution in [0.3, 0.4) is 0 Å². The minimum Gasteiger partial charge on any atom is -0.465 e. The topological polar surface area (TPSA) is 86.1 Å². The van der Waals surface area contributed by atoms with E-state index in [1.165, 1.54) is 25.4 Å². The molecule has 0 aliphatic rings. The second-order valence-electron chi connectivity index (χ2n) is 5.38. The minimum atomic E-state index is -0.541. The zero-order chi connectivity index (χ0) is 18.7. The van der Waals surface area contributed by atoms with Gasteiger partial charge in [-0.2, -0.15) is 5.10 Å². The van der Waals surface area contributed by atoms with E-state index in [9.17, 15) is 9.59 Å². The summed E-state index contributed by atoms with van der Waals surface area (Å²) in [6.07, 6.45) is 3.13. The van der Waals surface area contributed by atoms with Gasteiger partial charge < -0.3 is 10.1 Å². The fourth-order valence-electron chi connectivity index (χ4n) is 2.41. The van der Waals surface area contributed by atoms with Crippen molar-refractivity contribution in [1.82, 2.24) is 14.8 Å². The number of nitrogens with zero attached hydrogens (tertiary/aromatic N) is 3. The highest BCUT2D eigenvalue weighted by Gasteiger charge is 2.17. The number of hydrogen-bond acceptors (Lipinski definition) is 5. The number of methoxy groups -OCH3 is 1. The van der Waals surface area contributed by atoms with E-state index in [1.807, 2.05) is 6.07 Å². The molecule has 8 heteroatoms. The van der Waals surface area contributed by atoms with Crippen molar-refractivity contribution in [3.63, 3.8) is 0 Å². The Hall–Kier alpha value is -3.19. The number of rotatable bonds is 4. The van der Waals surface area contributed by atoms with E-state index in [0.29, 0.717) is 22.8 Å².